The molecule has 3 atom stereocenters. The van der Waals surface area contributed by atoms with E-state index in [1.54, 1.807) is 18.2 Å². The topological polar surface area (TPSA) is 102 Å². The number of Topliss-reactive ketones (excluding diaryl/α,β-unsaturated/α-hetero) is 1. The van der Waals surface area contributed by atoms with Gasteiger partial charge >= 0.3 is 6.18 Å². The number of ketones is 1. The summed E-state index contributed by atoms with van der Waals surface area (Å²) in [6, 6.07) is 17.8. The lowest BCUT2D eigenvalue weighted by atomic mass is 9.70. The molecule has 0 bridgehead atoms. The maximum atomic E-state index is 14.6. The van der Waals surface area contributed by atoms with E-state index in [-0.39, 0.29) is 31.8 Å². The van der Waals surface area contributed by atoms with Gasteiger partial charge < -0.3 is 15.7 Å². The molecule has 2 aromatic carbocycles. The second kappa shape index (κ2) is 12.1. The van der Waals surface area contributed by atoms with Gasteiger partial charge in [-0.05, 0) is 47.2 Å². The number of anilines is 1. The van der Waals surface area contributed by atoms with Gasteiger partial charge in [-0.15, -0.1) is 11.3 Å². The van der Waals surface area contributed by atoms with E-state index in [2.05, 4.69) is 5.32 Å². The molecule has 1 aliphatic heterocycles. The molecule has 0 saturated heterocycles. The summed E-state index contributed by atoms with van der Waals surface area (Å²) < 4.78 is 43.9. The molecule has 0 radical (unpaired) electrons. The molecular formula is C28H23ClF3N3O3S2. The SMILES string of the molecule is CCc1ccc(NC(=O)CSC2=C(C#N)[C@H](c3ccccc3Cl)[C@H](C(=O)c3cccs3)[C@@](O)(C(F)(F)F)N2)cc1. The predicted molar refractivity (Wildman–Crippen MR) is 150 cm³/mol. The van der Waals surface area contributed by atoms with Crippen LogP contribution in [0.4, 0.5) is 18.9 Å². The number of aryl methyl sites for hydroxylation is 1. The average molecular weight is 606 g/mol. The molecule has 12 heteroatoms. The molecule has 4 rings (SSSR count). The van der Waals surface area contributed by atoms with Crippen LogP contribution in [-0.2, 0) is 11.2 Å². The first-order chi connectivity index (χ1) is 19.0. The summed E-state index contributed by atoms with van der Waals surface area (Å²) in [4.78, 5) is 26.2. The van der Waals surface area contributed by atoms with Crippen molar-refractivity contribution in [2.45, 2.75) is 31.2 Å². The van der Waals surface area contributed by atoms with Gasteiger partial charge in [0.2, 0.25) is 11.6 Å². The van der Waals surface area contributed by atoms with E-state index in [9.17, 15) is 33.1 Å². The fourth-order valence-electron chi connectivity index (χ4n) is 4.48. The quantitative estimate of drug-likeness (QED) is 0.253. The normalized spacial score (nSPS) is 20.9. The van der Waals surface area contributed by atoms with Crippen molar-refractivity contribution in [1.82, 2.24) is 5.32 Å². The van der Waals surface area contributed by atoms with Crippen molar-refractivity contribution in [1.29, 1.82) is 5.26 Å². The number of hydrogen-bond acceptors (Lipinski definition) is 7. The number of nitrogens with one attached hydrogen (secondary N) is 2. The summed E-state index contributed by atoms with van der Waals surface area (Å²) in [6.45, 7) is 1.98. The number of benzene rings is 2. The van der Waals surface area contributed by atoms with Crippen LogP contribution in [0.25, 0.3) is 0 Å². The molecule has 0 unspecified atom stereocenters. The zero-order chi connectivity index (χ0) is 29.1. The number of thiophene rings is 1. The molecule has 0 fully saturated rings. The Labute approximate surface area is 241 Å². The molecule has 1 amide bonds. The van der Waals surface area contributed by atoms with Crippen LogP contribution >= 0.6 is 34.7 Å². The number of hydrogen-bond donors (Lipinski definition) is 3. The molecule has 0 spiro atoms. The number of rotatable bonds is 8. The van der Waals surface area contributed by atoms with Crippen molar-refractivity contribution in [2.75, 3.05) is 11.1 Å². The summed E-state index contributed by atoms with van der Waals surface area (Å²) >= 11 is 7.91. The lowest BCUT2D eigenvalue weighted by Gasteiger charge is -2.45. The molecule has 0 aliphatic carbocycles. The minimum absolute atomic E-state index is 0.0200. The fraction of sp³-hybridized carbons (Fsp3) is 0.250. The van der Waals surface area contributed by atoms with Gasteiger partial charge in [0.15, 0.2) is 5.78 Å². The van der Waals surface area contributed by atoms with Gasteiger partial charge in [-0.3, -0.25) is 9.59 Å². The van der Waals surface area contributed by atoms with Crippen LogP contribution < -0.4 is 10.6 Å². The highest BCUT2D eigenvalue weighted by molar-refractivity contribution is 8.03. The van der Waals surface area contributed by atoms with Crippen molar-refractivity contribution in [3.8, 4) is 6.07 Å². The van der Waals surface area contributed by atoms with E-state index in [1.807, 2.05) is 30.4 Å². The third-order valence-electron chi connectivity index (χ3n) is 6.48. The fourth-order valence-corrected chi connectivity index (χ4v) is 6.34. The average Bonchev–Trinajstić information content (AvgIpc) is 3.46. The Balaban J connectivity index is 1.77. The van der Waals surface area contributed by atoms with E-state index in [1.165, 1.54) is 35.7 Å². The minimum Gasteiger partial charge on any atom is -0.363 e. The van der Waals surface area contributed by atoms with Crippen LogP contribution in [0.15, 0.2) is 76.6 Å². The van der Waals surface area contributed by atoms with Gasteiger partial charge in [-0.25, -0.2) is 0 Å². The van der Waals surface area contributed by atoms with Gasteiger partial charge in [0.05, 0.1) is 33.2 Å². The van der Waals surface area contributed by atoms with Crippen LogP contribution in [0, 0.1) is 17.2 Å². The van der Waals surface area contributed by atoms with Crippen molar-refractivity contribution < 1.29 is 27.9 Å². The Morgan fingerprint density at radius 3 is 2.45 bits per heavy atom. The summed E-state index contributed by atoms with van der Waals surface area (Å²) in [5, 5.41) is 27.3. The Hall–Kier alpha value is -3.30. The highest BCUT2D eigenvalue weighted by Crippen LogP contribution is 2.52. The molecule has 0 saturated carbocycles. The Morgan fingerprint density at radius 1 is 1.18 bits per heavy atom. The van der Waals surface area contributed by atoms with E-state index >= 15 is 0 Å². The van der Waals surface area contributed by atoms with Crippen molar-refractivity contribution in [3.63, 3.8) is 0 Å². The number of halogens is 4. The zero-order valence-corrected chi connectivity index (χ0v) is 23.3. The van der Waals surface area contributed by atoms with Crippen LogP contribution in [0.2, 0.25) is 5.02 Å². The first-order valence-electron chi connectivity index (χ1n) is 12.1. The molecule has 1 aromatic heterocycles. The smallest absolute Gasteiger partial charge is 0.363 e. The highest BCUT2D eigenvalue weighted by atomic mass is 35.5. The molecule has 3 N–H and O–H groups in total. The second-order valence-electron chi connectivity index (χ2n) is 8.95. The number of nitrogens with zero attached hydrogens (tertiary/aromatic N) is 1. The van der Waals surface area contributed by atoms with Crippen molar-refractivity contribution in [2.24, 2.45) is 5.92 Å². The van der Waals surface area contributed by atoms with Gasteiger partial charge in [0.25, 0.3) is 0 Å². The number of nitriles is 1. The standard InChI is InChI=1S/C28H23ClF3N3O3S2/c1-2-16-9-11-17(12-10-16)34-22(36)15-40-26-19(14-33)23(18-6-3-4-7-20(18)29)24(25(37)21-8-5-13-39-21)27(38,35-26)28(30,31)32/h3-13,23-24,35,38H,2,15H2,1H3,(H,34,36)/t23-,24+,27+/m0/s1. The van der Waals surface area contributed by atoms with Crippen LogP contribution in [0.5, 0.6) is 0 Å². The van der Waals surface area contributed by atoms with Crippen LogP contribution in [0.3, 0.4) is 0 Å². The van der Waals surface area contributed by atoms with Crippen LogP contribution in [0.1, 0.15) is 33.6 Å². The van der Waals surface area contributed by atoms with E-state index in [0.717, 1.165) is 23.3 Å². The number of amides is 1. The van der Waals surface area contributed by atoms with Crippen molar-refractivity contribution >= 4 is 52.1 Å². The number of carbonyl (C=O) groups excluding carboxylic acids is 2. The molecule has 208 valence electrons. The number of alkyl halides is 3. The summed E-state index contributed by atoms with van der Waals surface area (Å²) in [7, 11) is 0. The molecular weight excluding hydrogens is 583 g/mol. The van der Waals surface area contributed by atoms with Gasteiger partial charge in [-0.1, -0.05) is 66.7 Å². The zero-order valence-electron chi connectivity index (χ0n) is 21.0. The minimum atomic E-state index is -5.35. The summed E-state index contributed by atoms with van der Waals surface area (Å²) in [5.41, 5.74) is -2.39. The Morgan fingerprint density at radius 2 is 1.88 bits per heavy atom. The second-order valence-corrected chi connectivity index (χ2v) is 11.3. The van der Waals surface area contributed by atoms with Gasteiger partial charge in [0, 0.05) is 16.6 Å². The van der Waals surface area contributed by atoms with Crippen LogP contribution in [-0.4, -0.2) is 34.5 Å². The molecule has 1 aliphatic rings. The maximum absolute atomic E-state index is 14.6. The summed E-state index contributed by atoms with van der Waals surface area (Å²) in [6.07, 6.45) is -4.54. The Bertz CT molecular complexity index is 1470. The van der Waals surface area contributed by atoms with E-state index in [0.29, 0.717) is 17.4 Å². The van der Waals surface area contributed by atoms with E-state index < -0.39 is 35.4 Å². The van der Waals surface area contributed by atoms with E-state index in [4.69, 9.17) is 11.6 Å². The van der Waals surface area contributed by atoms with Gasteiger partial charge in [0.1, 0.15) is 0 Å². The largest absolute Gasteiger partial charge is 0.437 e. The lowest BCUT2D eigenvalue weighted by Crippen LogP contribution is -2.66. The van der Waals surface area contributed by atoms with Crippen molar-refractivity contribution in [3.05, 3.63) is 97.7 Å². The number of allylic oxidation sites excluding steroid dienone is 1. The van der Waals surface area contributed by atoms with Gasteiger partial charge in [-0.2, -0.15) is 18.4 Å². The molecule has 40 heavy (non-hydrogen) atoms. The summed E-state index contributed by atoms with van der Waals surface area (Å²) in [5.74, 6) is -5.67. The molecule has 6 nitrogen and oxygen atoms in total. The first kappa shape index (κ1) is 29.7. The molecule has 3 aromatic rings. The third-order valence-corrected chi connectivity index (χ3v) is 8.72. The maximum Gasteiger partial charge on any atom is 0.437 e. The first-order valence-corrected chi connectivity index (χ1v) is 14.3. The lowest BCUT2D eigenvalue weighted by molar-refractivity contribution is -0.285. The monoisotopic (exact) mass is 605 g/mol. The number of aliphatic hydroxyl groups is 1. The molecule has 2 heterocycles. The predicted octanol–water partition coefficient (Wildman–Crippen LogP) is 6.51. The number of carbonyl (C=O) groups is 2. The highest BCUT2D eigenvalue weighted by Gasteiger charge is 2.66. The Kier molecular flexibility index (Phi) is 8.95. The number of thioether (sulfide) groups is 1. The third kappa shape index (κ3) is 5.90.